The first-order chi connectivity index (χ1) is 13.0. The van der Waals surface area contributed by atoms with Crippen LogP contribution in [-0.4, -0.2) is 54.3 Å². The Labute approximate surface area is 156 Å². The molecule has 0 radical (unpaired) electrons. The highest BCUT2D eigenvalue weighted by molar-refractivity contribution is 5.94. The first-order valence-electron chi connectivity index (χ1n) is 8.62. The van der Waals surface area contributed by atoms with Gasteiger partial charge in [0.2, 0.25) is 5.91 Å². The van der Waals surface area contributed by atoms with Gasteiger partial charge in [0.1, 0.15) is 5.82 Å². The second-order valence-electron chi connectivity index (χ2n) is 6.32. The van der Waals surface area contributed by atoms with Crippen LogP contribution in [0.3, 0.4) is 0 Å². The Hall–Kier alpha value is -3.24. The highest BCUT2D eigenvalue weighted by Gasteiger charge is 2.23. The summed E-state index contributed by atoms with van der Waals surface area (Å²) >= 11 is 0. The van der Waals surface area contributed by atoms with Crippen molar-refractivity contribution in [2.45, 2.75) is 0 Å². The third-order valence-corrected chi connectivity index (χ3v) is 4.40. The maximum Gasteiger partial charge on any atom is 0.253 e. The van der Waals surface area contributed by atoms with Gasteiger partial charge in [0, 0.05) is 37.4 Å². The summed E-state index contributed by atoms with van der Waals surface area (Å²) in [6, 6.07) is 14.3. The molecule has 6 nitrogen and oxygen atoms in total. The third kappa shape index (κ3) is 4.90. The fourth-order valence-corrected chi connectivity index (χ4v) is 2.95. The van der Waals surface area contributed by atoms with E-state index < -0.39 is 5.82 Å². The van der Waals surface area contributed by atoms with Gasteiger partial charge in [-0.2, -0.15) is 5.26 Å². The van der Waals surface area contributed by atoms with Crippen LogP contribution in [-0.2, 0) is 4.79 Å². The molecule has 1 fully saturated rings. The van der Waals surface area contributed by atoms with Gasteiger partial charge < -0.3 is 10.2 Å². The van der Waals surface area contributed by atoms with Crippen molar-refractivity contribution in [3.63, 3.8) is 0 Å². The summed E-state index contributed by atoms with van der Waals surface area (Å²) in [5.74, 6) is -0.696. The van der Waals surface area contributed by atoms with E-state index >= 15 is 0 Å². The number of carbonyl (C=O) groups excluding carboxylic acids is 2. The van der Waals surface area contributed by atoms with Gasteiger partial charge in [-0.25, -0.2) is 4.39 Å². The van der Waals surface area contributed by atoms with Crippen molar-refractivity contribution >= 4 is 17.5 Å². The van der Waals surface area contributed by atoms with Crippen molar-refractivity contribution in [1.29, 1.82) is 5.26 Å². The van der Waals surface area contributed by atoms with Crippen LogP contribution in [0.2, 0.25) is 0 Å². The molecule has 1 aliphatic rings. The quantitative estimate of drug-likeness (QED) is 0.899. The summed E-state index contributed by atoms with van der Waals surface area (Å²) < 4.78 is 13.2. The molecule has 0 atom stereocenters. The largest absolute Gasteiger partial charge is 0.336 e. The van der Waals surface area contributed by atoms with E-state index in [0.29, 0.717) is 43.0 Å². The number of nitrogens with one attached hydrogen (secondary N) is 1. The molecule has 0 spiro atoms. The Kier molecular flexibility index (Phi) is 5.79. The maximum absolute atomic E-state index is 13.2. The minimum atomic E-state index is -0.400. The topological polar surface area (TPSA) is 76.4 Å². The highest BCUT2D eigenvalue weighted by atomic mass is 19.1. The predicted molar refractivity (Wildman–Crippen MR) is 98.5 cm³/mol. The summed E-state index contributed by atoms with van der Waals surface area (Å²) in [7, 11) is 0. The van der Waals surface area contributed by atoms with Crippen LogP contribution in [0.4, 0.5) is 10.1 Å². The van der Waals surface area contributed by atoms with Crippen LogP contribution in [0, 0.1) is 17.1 Å². The lowest BCUT2D eigenvalue weighted by atomic mass is 10.1. The van der Waals surface area contributed by atoms with E-state index in [-0.39, 0.29) is 18.4 Å². The number of halogens is 1. The number of nitrogens with zero attached hydrogens (tertiary/aromatic N) is 3. The summed E-state index contributed by atoms with van der Waals surface area (Å²) in [5, 5.41) is 11.5. The van der Waals surface area contributed by atoms with Crippen molar-refractivity contribution in [1.82, 2.24) is 9.80 Å². The number of rotatable bonds is 4. The lowest BCUT2D eigenvalue weighted by molar-refractivity contribution is -0.117. The molecule has 138 valence electrons. The number of hydrogen-bond acceptors (Lipinski definition) is 4. The average molecular weight is 366 g/mol. The van der Waals surface area contributed by atoms with Crippen LogP contribution in [0.1, 0.15) is 15.9 Å². The van der Waals surface area contributed by atoms with Gasteiger partial charge in [0.25, 0.3) is 5.91 Å². The zero-order valence-electron chi connectivity index (χ0n) is 14.7. The number of hydrogen-bond donors (Lipinski definition) is 1. The van der Waals surface area contributed by atoms with E-state index in [1.807, 2.05) is 11.0 Å². The van der Waals surface area contributed by atoms with Crippen LogP contribution in [0.25, 0.3) is 0 Å². The molecule has 27 heavy (non-hydrogen) atoms. The molecule has 1 N–H and O–H groups in total. The van der Waals surface area contributed by atoms with Crippen LogP contribution in [0.5, 0.6) is 0 Å². The van der Waals surface area contributed by atoms with Crippen LogP contribution >= 0.6 is 0 Å². The first kappa shape index (κ1) is 18.5. The van der Waals surface area contributed by atoms with Crippen molar-refractivity contribution in [3.8, 4) is 6.07 Å². The van der Waals surface area contributed by atoms with Crippen LogP contribution < -0.4 is 5.32 Å². The van der Waals surface area contributed by atoms with Gasteiger partial charge in [-0.15, -0.1) is 0 Å². The van der Waals surface area contributed by atoms with Gasteiger partial charge in [0.05, 0.1) is 18.2 Å². The van der Waals surface area contributed by atoms with Crippen LogP contribution in [0.15, 0.2) is 48.5 Å². The zero-order valence-corrected chi connectivity index (χ0v) is 14.7. The van der Waals surface area contributed by atoms with Crippen molar-refractivity contribution in [2.24, 2.45) is 0 Å². The maximum atomic E-state index is 13.2. The smallest absolute Gasteiger partial charge is 0.253 e. The summed E-state index contributed by atoms with van der Waals surface area (Å²) in [4.78, 5) is 28.3. The third-order valence-electron chi connectivity index (χ3n) is 4.40. The number of benzene rings is 2. The molecule has 2 aromatic rings. The standard InChI is InChI=1S/C20H19FN4O2/c21-17-2-1-3-18(12-17)23-19(26)14-24-8-10-25(11-9-24)20(27)16-6-4-15(13-22)5-7-16/h1-7,12H,8-11,14H2,(H,23,26). The fraction of sp³-hybridized carbons (Fsp3) is 0.250. The van der Waals surface area contributed by atoms with E-state index in [1.165, 1.54) is 12.1 Å². The van der Waals surface area contributed by atoms with Gasteiger partial charge in [-0.1, -0.05) is 6.07 Å². The summed E-state index contributed by atoms with van der Waals surface area (Å²) in [6.07, 6.45) is 0. The van der Waals surface area contributed by atoms with Gasteiger partial charge in [-0.05, 0) is 42.5 Å². The minimum absolute atomic E-state index is 0.0802. The van der Waals surface area contributed by atoms with E-state index in [2.05, 4.69) is 5.32 Å². The van der Waals surface area contributed by atoms with E-state index in [0.717, 1.165) is 0 Å². The second-order valence-corrected chi connectivity index (χ2v) is 6.32. The van der Waals surface area contributed by atoms with Crippen molar-refractivity contribution in [3.05, 3.63) is 65.5 Å². The number of anilines is 1. The molecule has 1 saturated heterocycles. The highest BCUT2D eigenvalue weighted by Crippen LogP contribution is 2.12. The Balaban J connectivity index is 1.48. The van der Waals surface area contributed by atoms with Gasteiger partial charge in [0.15, 0.2) is 0 Å². The summed E-state index contributed by atoms with van der Waals surface area (Å²) in [5.41, 5.74) is 1.49. The number of amides is 2. The molecule has 0 aromatic heterocycles. The molecule has 2 amide bonds. The molecule has 3 rings (SSSR count). The lowest BCUT2D eigenvalue weighted by Crippen LogP contribution is -2.50. The molecule has 0 aliphatic carbocycles. The molecule has 1 heterocycles. The minimum Gasteiger partial charge on any atom is -0.336 e. The number of carbonyl (C=O) groups is 2. The molecule has 2 aromatic carbocycles. The number of piperazine rings is 1. The van der Waals surface area contributed by atoms with Crippen molar-refractivity contribution < 1.29 is 14.0 Å². The second kappa shape index (κ2) is 8.43. The zero-order chi connectivity index (χ0) is 19.2. The first-order valence-corrected chi connectivity index (χ1v) is 8.62. The number of nitriles is 1. The Morgan fingerprint density at radius 3 is 2.41 bits per heavy atom. The van der Waals surface area contributed by atoms with E-state index in [9.17, 15) is 14.0 Å². The predicted octanol–water partition coefficient (Wildman–Crippen LogP) is 2.09. The van der Waals surface area contributed by atoms with E-state index in [1.54, 1.807) is 41.3 Å². The molecule has 0 bridgehead atoms. The molecular formula is C20H19FN4O2. The monoisotopic (exact) mass is 366 g/mol. The molecule has 0 unspecified atom stereocenters. The average Bonchev–Trinajstić information content (AvgIpc) is 2.68. The Morgan fingerprint density at radius 2 is 1.78 bits per heavy atom. The molecule has 7 heteroatoms. The Bertz CT molecular complexity index is 868. The van der Waals surface area contributed by atoms with Gasteiger partial charge in [-0.3, -0.25) is 14.5 Å². The van der Waals surface area contributed by atoms with Crippen molar-refractivity contribution in [2.75, 3.05) is 38.0 Å². The SMILES string of the molecule is N#Cc1ccc(C(=O)N2CCN(CC(=O)Nc3cccc(F)c3)CC2)cc1. The molecule has 1 aliphatic heterocycles. The Morgan fingerprint density at radius 1 is 1.07 bits per heavy atom. The molecule has 0 saturated carbocycles. The lowest BCUT2D eigenvalue weighted by Gasteiger charge is -2.34. The van der Waals surface area contributed by atoms with Gasteiger partial charge >= 0.3 is 0 Å². The van der Waals surface area contributed by atoms with E-state index in [4.69, 9.17) is 5.26 Å². The summed E-state index contributed by atoms with van der Waals surface area (Å²) in [6.45, 7) is 2.39. The fourth-order valence-electron chi connectivity index (χ4n) is 2.95. The normalized spacial score (nSPS) is 14.4. The molecular weight excluding hydrogens is 347 g/mol.